The Hall–Kier alpha value is -1.27. The summed E-state index contributed by atoms with van der Waals surface area (Å²) in [6.07, 6.45) is 0.470. The van der Waals surface area contributed by atoms with Gasteiger partial charge in [0.1, 0.15) is 6.61 Å². The van der Waals surface area contributed by atoms with Gasteiger partial charge in [0.25, 0.3) is 0 Å². The van der Waals surface area contributed by atoms with Crippen LogP contribution < -0.4 is 15.2 Å². The van der Waals surface area contributed by atoms with Gasteiger partial charge in [0, 0.05) is 0 Å². The molecule has 1 rings (SSSR count). The van der Waals surface area contributed by atoms with E-state index in [0.717, 1.165) is 0 Å². The number of nitrogens with two attached hydrogens (primary N) is 1. The summed E-state index contributed by atoms with van der Waals surface area (Å²) in [5.41, 5.74) is 5.39. The van der Waals surface area contributed by atoms with Crippen molar-refractivity contribution in [3.8, 4) is 11.5 Å². The van der Waals surface area contributed by atoms with Crippen LogP contribution in [0, 0.1) is 0 Å². The predicted octanol–water partition coefficient (Wildman–Crippen LogP) is 1.62. The lowest BCUT2D eigenvalue weighted by molar-refractivity contribution is 0.288. The third-order valence-corrected chi connectivity index (χ3v) is 5.16. The molecule has 0 spiro atoms. The molecule has 0 saturated carbocycles. The molecule has 1 aromatic rings. The van der Waals surface area contributed by atoms with Crippen LogP contribution in [0.15, 0.2) is 24.3 Å². The molecule has 1 aromatic carbocycles. The lowest BCUT2D eigenvalue weighted by Gasteiger charge is -2.14. The lowest BCUT2D eigenvalue weighted by Crippen LogP contribution is -2.26. The molecule has 0 heterocycles. The smallest absolute Gasteiger partial charge is 0.161 e. The fourth-order valence-corrected chi connectivity index (χ4v) is 2.94. The minimum Gasteiger partial charge on any atom is -0.490 e. The van der Waals surface area contributed by atoms with Crippen LogP contribution in [0.5, 0.6) is 11.5 Å². The normalized spacial score (nSPS) is 12.9. The van der Waals surface area contributed by atoms with Gasteiger partial charge in [-0.2, -0.15) is 0 Å². The molecule has 0 aliphatic carbocycles. The second kappa shape index (κ2) is 8.11. The summed E-state index contributed by atoms with van der Waals surface area (Å²) in [4.78, 5) is 0. The van der Waals surface area contributed by atoms with Crippen molar-refractivity contribution in [3.63, 3.8) is 0 Å². The molecule has 0 aliphatic rings. The molecule has 0 radical (unpaired) electrons. The van der Waals surface area contributed by atoms with Gasteiger partial charge in [-0.3, -0.25) is 0 Å². The van der Waals surface area contributed by atoms with Crippen LogP contribution in [0.1, 0.15) is 20.3 Å². The minimum absolute atomic E-state index is 0.0192. The maximum Gasteiger partial charge on any atom is 0.161 e. The van der Waals surface area contributed by atoms with E-state index in [-0.39, 0.29) is 12.4 Å². The highest BCUT2D eigenvalue weighted by atomic mass is 32.2. The highest BCUT2D eigenvalue weighted by Gasteiger charge is 2.20. The molecule has 0 amide bonds. The molecule has 0 aromatic heterocycles. The molecule has 0 fully saturated rings. The zero-order valence-corrected chi connectivity index (χ0v) is 12.9. The van der Waals surface area contributed by atoms with E-state index in [2.05, 4.69) is 0 Å². The molecule has 0 bridgehead atoms. The second-order valence-electron chi connectivity index (χ2n) is 4.48. The number of benzene rings is 1. The summed E-state index contributed by atoms with van der Waals surface area (Å²) in [5, 5.41) is -0.432. The maximum absolute atomic E-state index is 12.0. The Bertz CT molecular complexity index is 502. The first-order valence-corrected chi connectivity index (χ1v) is 8.49. The van der Waals surface area contributed by atoms with Crippen molar-refractivity contribution in [1.29, 1.82) is 0 Å². The quantitative estimate of drug-likeness (QED) is 0.750. The predicted molar refractivity (Wildman–Crippen MR) is 80.0 cm³/mol. The van der Waals surface area contributed by atoms with Crippen molar-refractivity contribution in [2.45, 2.75) is 25.5 Å². The zero-order chi connectivity index (χ0) is 15.0. The van der Waals surface area contributed by atoms with Crippen molar-refractivity contribution in [3.05, 3.63) is 24.3 Å². The van der Waals surface area contributed by atoms with E-state index in [1.165, 1.54) is 0 Å². The molecule has 0 aliphatic heterocycles. The van der Waals surface area contributed by atoms with Gasteiger partial charge in [-0.05, 0) is 38.9 Å². The summed E-state index contributed by atoms with van der Waals surface area (Å²) in [5.74, 6) is 1.17. The highest BCUT2D eigenvalue weighted by molar-refractivity contribution is 7.92. The lowest BCUT2D eigenvalue weighted by atomic mass is 10.3. The Balaban J connectivity index is 2.56. The number of hydrogen-bond acceptors (Lipinski definition) is 5. The first-order valence-electron chi connectivity index (χ1n) is 6.77. The Morgan fingerprint density at radius 3 is 2.35 bits per heavy atom. The van der Waals surface area contributed by atoms with Gasteiger partial charge in [0.15, 0.2) is 21.3 Å². The van der Waals surface area contributed by atoms with Gasteiger partial charge in [-0.1, -0.05) is 12.1 Å². The van der Waals surface area contributed by atoms with Gasteiger partial charge in [0.05, 0.1) is 17.6 Å². The standard InChI is InChI=1S/C14H23NO4S/c1-3-18-13-6-4-5-7-14(13)19-10-11-20(16,17)12(2)8-9-15/h4-7,12H,3,8-11,15H2,1-2H3. The molecule has 114 valence electrons. The van der Waals surface area contributed by atoms with Crippen molar-refractivity contribution < 1.29 is 17.9 Å². The zero-order valence-electron chi connectivity index (χ0n) is 12.0. The average Bonchev–Trinajstić information content (AvgIpc) is 2.41. The Labute approximate surface area is 121 Å². The van der Waals surface area contributed by atoms with Gasteiger partial charge in [-0.25, -0.2) is 8.42 Å². The largest absolute Gasteiger partial charge is 0.490 e. The second-order valence-corrected chi connectivity index (χ2v) is 7.02. The summed E-state index contributed by atoms with van der Waals surface area (Å²) < 4.78 is 34.8. The number of rotatable bonds is 9. The van der Waals surface area contributed by atoms with Crippen molar-refractivity contribution in [2.75, 3.05) is 25.5 Å². The first kappa shape index (κ1) is 16.8. The number of hydrogen-bond donors (Lipinski definition) is 1. The SMILES string of the molecule is CCOc1ccccc1OCCS(=O)(=O)C(C)CCN. The van der Waals surface area contributed by atoms with E-state index >= 15 is 0 Å². The first-order chi connectivity index (χ1) is 9.51. The molecule has 5 nitrogen and oxygen atoms in total. The Morgan fingerprint density at radius 2 is 1.80 bits per heavy atom. The topological polar surface area (TPSA) is 78.6 Å². The molecule has 1 atom stereocenters. The van der Waals surface area contributed by atoms with Crippen LogP contribution >= 0.6 is 0 Å². The van der Waals surface area contributed by atoms with Crippen molar-refractivity contribution >= 4 is 9.84 Å². The molecular weight excluding hydrogens is 278 g/mol. The van der Waals surface area contributed by atoms with Gasteiger partial charge < -0.3 is 15.2 Å². The van der Waals surface area contributed by atoms with E-state index in [4.69, 9.17) is 15.2 Å². The molecule has 6 heteroatoms. The molecule has 20 heavy (non-hydrogen) atoms. The van der Waals surface area contributed by atoms with Crippen LogP contribution in [0.3, 0.4) is 0 Å². The van der Waals surface area contributed by atoms with Crippen LogP contribution in [-0.4, -0.2) is 39.2 Å². The van der Waals surface area contributed by atoms with Gasteiger partial charge >= 0.3 is 0 Å². The maximum atomic E-state index is 12.0. The van der Waals surface area contributed by atoms with Crippen LogP contribution in [0.4, 0.5) is 0 Å². The van der Waals surface area contributed by atoms with E-state index in [1.54, 1.807) is 19.1 Å². The van der Waals surface area contributed by atoms with Crippen LogP contribution in [0.25, 0.3) is 0 Å². The van der Waals surface area contributed by atoms with Crippen LogP contribution in [0.2, 0.25) is 0 Å². The summed E-state index contributed by atoms with van der Waals surface area (Å²) in [6.45, 7) is 4.58. The van der Waals surface area contributed by atoms with E-state index in [1.807, 2.05) is 19.1 Å². The Morgan fingerprint density at radius 1 is 1.20 bits per heavy atom. The Kier molecular flexibility index (Phi) is 6.81. The average molecular weight is 301 g/mol. The van der Waals surface area contributed by atoms with Gasteiger partial charge in [0.2, 0.25) is 0 Å². The minimum atomic E-state index is -3.16. The third kappa shape index (κ3) is 5.02. The van der Waals surface area contributed by atoms with Gasteiger partial charge in [-0.15, -0.1) is 0 Å². The highest BCUT2D eigenvalue weighted by Crippen LogP contribution is 2.26. The fourth-order valence-electron chi connectivity index (χ4n) is 1.73. The summed E-state index contributed by atoms with van der Waals surface area (Å²) >= 11 is 0. The molecule has 1 unspecified atom stereocenters. The van der Waals surface area contributed by atoms with Crippen molar-refractivity contribution in [2.24, 2.45) is 5.73 Å². The van der Waals surface area contributed by atoms with Crippen molar-refractivity contribution in [1.82, 2.24) is 0 Å². The molecular formula is C14H23NO4S. The van der Waals surface area contributed by atoms with E-state index in [9.17, 15) is 8.42 Å². The fraction of sp³-hybridized carbons (Fsp3) is 0.571. The van der Waals surface area contributed by atoms with Crippen LogP contribution in [-0.2, 0) is 9.84 Å². The third-order valence-electron chi connectivity index (χ3n) is 2.96. The monoisotopic (exact) mass is 301 g/mol. The number of sulfone groups is 1. The molecule has 2 N–H and O–H groups in total. The molecule has 0 saturated heterocycles. The number of ether oxygens (including phenoxy) is 2. The van der Waals surface area contributed by atoms with E-state index in [0.29, 0.717) is 31.1 Å². The summed E-state index contributed by atoms with van der Waals surface area (Å²) in [7, 11) is -3.16. The number of para-hydroxylation sites is 2. The van der Waals surface area contributed by atoms with E-state index < -0.39 is 15.1 Å². The summed E-state index contributed by atoms with van der Waals surface area (Å²) in [6, 6.07) is 7.23.